The van der Waals surface area contributed by atoms with Crippen LogP contribution in [0.2, 0.25) is 0 Å². The van der Waals surface area contributed by atoms with Crippen molar-refractivity contribution < 1.29 is 14.2 Å². The van der Waals surface area contributed by atoms with Gasteiger partial charge in [0.2, 0.25) is 0 Å². The maximum Gasteiger partial charge on any atom is 0.134 e. The second-order valence-electron chi connectivity index (χ2n) is 10.5. The largest absolute Gasteiger partial charge is 0.496 e. The lowest BCUT2D eigenvalue weighted by Gasteiger charge is -2.15. The van der Waals surface area contributed by atoms with Gasteiger partial charge in [0.15, 0.2) is 0 Å². The first-order chi connectivity index (χ1) is 20.6. The molecular formula is C35H36N4O3. The van der Waals surface area contributed by atoms with Crippen molar-refractivity contribution in [2.24, 2.45) is 0 Å². The zero-order chi connectivity index (χ0) is 29.1. The van der Waals surface area contributed by atoms with Crippen molar-refractivity contribution in [2.75, 3.05) is 21.3 Å². The van der Waals surface area contributed by atoms with Crippen molar-refractivity contribution in [1.29, 1.82) is 0 Å². The molecule has 3 aromatic heterocycles. The standard InChI is InChI=1S/C35H36N4O3/c1-5-6-7-8-9-27-28-14-10-22(36-28)18-24-12-16-30(38-24)34(35-32(41-3)20-26(40-2)21-33(35)42-4)31-17-13-25(39-31)19-23-11-15-29(27)37-23/h10-21,38-39H,5-9H2,1-4H3. The molecule has 2 aliphatic heterocycles. The number of rotatable bonds is 9. The monoisotopic (exact) mass is 560 g/mol. The van der Waals surface area contributed by atoms with Crippen LogP contribution in [0.15, 0.2) is 48.5 Å². The number of benzene rings is 1. The maximum atomic E-state index is 5.86. The average Bonchev–Trinajstić information content (AvgIpc) is 3.83. The zero-order valence-corrected chi connectivity index (χ0v) is 24.6. The summed E-state index contributed by atoms with van der Waals surface area (Å²) in [5.74, 6) is 1.94. The summed E-state index contributed by atoms with van der Waals surface area (Å²) in [6.45, 7) is 2.24. The van der Waals surface area contributed by atoms with E-state index in [2.05, 4.69) is 77.6 Å². The quantitative estimate of drug-likeness (QED) is 0.173. The van der Waals surface area contributed by atoms with Gasteiger partial charge in [-0.15, -0.1) is 0 Å². The summed E-state index contributed by atoms with van der Waals surface area (Å²) >= 11 is 0. The van der Waals surface area contributed by atoms with Gasteiger partial charge in [-0.1, -0.05) is 26.2 Å². The van der Waals surface area contributed by atoms with Crippen molar-refractivity contribution in [3.8, 4) is 28.4 Å². The zero-order valence-electron chi connectivity index (χ0n) is 24.6. The molecular weight excluding hydrogens is 524 g/mol. The summed E-state index contributed by atoms with van der Waals surface area (Å²) in [5.41, 5.74) is 10.4. The summed E-state index contributed by atoms with van der Waals surface area (Å²) in [6, 6.07) is 16.2. The van der Waals surface area contributed by atoms with E-state index in [-0.39, 0.29) is 0 Å². The molecule has 0 fully saturated rings. The van der Waals surface area contributed by atoms with Crippen LogP contribution in [-0.4, -0.2) is 41.3 Å². The van der Waals surface area contributed by atoms with E-state index in [9.17, 15) is 0 Å². The maximum absolute atomic E-state index is 5.86. The normalized spacial score (nSPS) is 12.1. The second-order valence-corrected chi connectivity index (χ2v) is 10.5. The third-order valence-electron chi connectivity index (χ3n) is 7.75. The second kappa shape index (κ2) is 12.0. The van der Waals surface area contributed by atoms with Gasteiger partial charge in [0.1, 0.15) is 17.2 Å². The first-order valence-corrected chi connectivity index (χ1v) is 14.5. The molecule has 0 radical (unpaired) electrons. The minimum absolute atomic E-state index is 0.641. The van der Waals surface area contributed by atoms with Crippen LogP contribution in [0.25, 0.3) is 57.5 Å². The van der Waals surface area contributed by atoms with E-state index in [0.717, 1.165) is 68.8 Å². The summed E-state index contributed by atoms with van der Waals surface area (Å²) in [6.07, 6.45) is 14.1. The summed E-state index contributed by atoms with van der Waals surface area (Å²) in [4.78, 5) is 17.3. The van der Waals surface area contributed by atoms with Crippen LogP contribution in [-0.2, 0) is 6.42 Å². The Kier molecular flexibility index (Phi) is 7.82. The Morgan fingerprint density at radius 3 is 1.69 bits per heavy atom. The van der Waals surface area contributed by atoms with E-state index in [0.29, 0.717) is 17.2 Å². The minimum Gasteiger partial charge on any atom is -0.496 e. The molecule has 2 N–H and O–H groups in total. The van der Waals surface area contributed by atoms with E-state index in [4.69, 9.17) is 24.2 Å². The number of nitrogens with one attached hydrogen (secondary N) is 2. The van der Waals surface area contributed by atoms with Gasteiger partial charge in [-0.05, 0) is 73.5 Å². The molecule has 8 bridgehead atoms. The van der Waals surface area contributed by atoms with Gasteiger partial charge in [-0.25, -0.2) is 9.97 Å². The molecule has 0 saturated carbocycles. The highest BCUT2D eigenvalue weighted by Gasteiger charge is 2.19. The predicted octanol–water partition coefficient (Wildman–Crippen LogP) is 8.47. The van der Waals surface area contributed by atoms with Crippen LogP contribution < -0.4 is 14.2 Å². The number of hydrogen-bond acceptors (Lipinski definition) is 5. The number of methoxy groups -OCH3 is 3. The third kappa shape index (κ3) is 5.42. The van der Waals surface area contributed by atoms with E-state index >= 15 is 0 Å². The van der Waals surface area contributed by atoms with Crippen molar-refractivity contribution in [1.82, 2.24) is 19.9 Å². The Morgan fingerprint density at radius 1 is 0.619 bits per heavy atom. The molecule has 1 aromatic carbocycles. The summed E-state index contributed by atoms with van der Waals surface area (Å²) in [5, 5.41) is 0. The van der Waals surface area contributed by atoms with E-state index < -0.39 is 0 Å². The lowest BCUT2D eigenvalue weighted by molar-refractivity contribution is 0.377. The van der Waals surface area contributed by atoms with Gasteiger partial charge in [0, 0.05) is 45.3 Å². The molecule has 0 unspecified atom stereocenters. The Bertz CT molecular complexity index is 1720. The van der Waals surface area contributed by atoms with Crippen LogP contribution in [0.5, 0.6) is 17.2 Å². The number of unbranched alkanes of at least 4 members (excludes halogenated alkanes) is 3. The van der Waals surface area contributed by atoms with Gasteiger partial charge < -0.3 is 24.2 Å². The smallest absolute Gasteiger partial charge is 0.134 e. The van der Waals surface area contributed by atoms with Crippen LogP contribution >= 0.6 is 0 Å². The van der Waals surface area contributed by atoms with E-state index in [1.54, 1.807) is 21.3 Å². The lowest BCUT2D eigenvalue weighted by Crippen LogP contribution is -1.96. The van der Waals surface area contributed by atoms with Gasteiger partial charge >= 0.3 is 0 Å². The number of hydrogen-bond donors (Lipinski definition) is 2. The van der Waals surface area contributed by atoms with E-state index in [1.807, 2.05) is 12.1 Å². The number of nitrogens with zero attached hydrogens (tertiary/aromatic N) is 2. The molecule has 0 atom stereocenters. The molecule has 0 spiro atoms. The number of ether oxygens (including phenoxy) is 3. The van der Waals surface area contributed by atoms with Crippen LogP contribution in [0.3, 0.4) is 0 Å². The molecule has 7 heteroatoms. The number of aromatic nitrogens is 4. The predicted molar refractivity (Wildman–Crippen MR) is 172 cm³/mol. The van der Waals surface area contributed by atoms with E-state index in [1.165, 1.54) is 24.8 Å². The molecule has 5 heterocycles. The molecule has 4 aromatic rings. The molecule has 42 heavy (non-hydrogen) atoms. The lowest BCUT2D eigenvalue weighted by atomic mass is 10.0. The highest BCUT2D eigenvalue weighted by molar-refractivity contribution is 5.98. The Balaban J connectivity index is 1.63. The Labute approximate surface area is 245 Å². The minimum atomic E-state index is 0.641. The molecule has 6 rings (SSSR count). The van der Waals surface area contributed by atoms with Gasteiger partial charge in [-0.3, -0.25) is 0 Å². The van der Waals surface area contributed by atoms with Crippen LogP contribution in [0.4, 0.5) is 0 Å². The SMILES string of the molecule is CCCCCCc1c2nc(cc3ccc([nH]3)c(-c3c(OC)cc(OC)cc3OC)c3ccc(cc4nc1C=C4)[nH]3)C=C2. The molecule has 7 nitrogen and oxygen atoms in total. The Hall–Kier alpha value is -4.78. The third-order valence-corrected chi connectivity index (χ3v) is 7.75. The van der Waals surface area contributed by atoms with Crippen molar-refractivity contribution >= 4 is 46.4 Å². The van der Waals surface area contributed by atoms with Crippen molar-refractivity contribution in [2.45, 2.75) is 39.0 Å². The number of aromatic amines is 2. The number of fused-ring (bicyclic) bond motifs is 8. The molecule has 214 valence electrons. The molecule has 2 aliphatic rings. The van der Waals surface area contributed by atoms with Crippen LogP contribution in [0.1, 0.15) is 60.9 Å². The van der Waals surface area contributed by atoms with Crippen molar-refractivity contribution in [3.05, 3.63) is 76.9 Å². The number of H-pyrrole nitrogens is 2. The highest BCUT2D eigenvalue weighted by Crippen LogP contribution is 2.44. The topological polar surface area (TPSA) is 85.1 Å². The average molecular weight is 561 g/mol. The Morgan fingerprint density at radius 2 is 1.19 bits per heavy atom. The molecule has 0 amide bonds. The van der Waals surface area contributed by atoms with Crippen molar-refractivity contribution in [3.63, 3.8) is 0 Å². The van der Waals surface area contributed by atoms with Gasteiger partial charge in [0.05, 0.1) is 49.7 Å². The molecule has 0 aliphatic carbocycles. The summed E-state index contributed by atoms with van der Waals surface area (Å²) < 4.78 is 17.2. The molecule has 0 saturated heterocycles. The van der Waals surface area contributed by atoms with Gasteiger partial charge in [0.25, 0.3) is 0 Å². The van der Waals surface area contributed by atoms with Gasteiger partial charge in [-0.2, -0.15) is 0 Å². The summed E-state index contributed by atoms with van der Waals surface area (Å²) in [7, 11) is 4.94. The van der Waals surface area contributed by atoms with Crippen LogP contribution in [0, 0.1) is 0 Å². The fourth-order valence-electron chi connectivity index (χ4n) is 5.64. The highest BCUT2D eigenvalue weighted by atomic mass is 16.5. The fourth-order valence-corrected chi connectivity index (χ4v) is 5.64. The fraction of sp³-hybridized carbons (Fsp3) is 0.257. The first-order valence-electron chi connectivity index (χ1n) is 14.5. The first kappa shape index (κ1) is 27.4.